The fourth-order valence-electron chi connectivity index (χ4n) is 2.81. The van der Waals surface area contributed by atoms with E-state index in [2.05, 4.69) is 22.8 Å². The van der Waals surface area contributed by atoms with Crippen LogP contribution in [0.3, 0.4) is 0 Å². The first-order valence-electron chi connectivity index (χ1n) is 7.67. The molecule has 0 heterocycles. The molecule has 0 spiro atoms. The summed E-state index contributed by atoms with van der Waals surface area (Å²) in [7, 11) is 0. The number of amides is 1. The maximum absolute atomic E-state index is 12.3. The predicted molar refractivity (Wildman–Crippen MR) is 96.6 cm³/mol. The van der Waals surface area contributed by atoms with Gasteiger partial charge in [0, 0.05) is 10.7 Å². The molecule has 2 N–H and O–H groups in total. The van der Waals surface area contributed by atoms with E-state index in [0.29, 0.717) is 15.7 Å². The quantitative estimate of drug-likeness (QED) is 0.823. The van der Waals surface area contributed by atoms with Crippen molar-refractivity contribution >= 4 is 40.5 Å². The van der Waals surface area contributed by atoms with Crippen molar-refractivity contribution in [3.63, 3.8) is 0 Å². The molecule has 1 aliphatic rings. The molecule has 0 radical (unpaired) electrons. The van der Waals surface area contributed by atoms with E-state index in [1.165, 1.54) is 17.5 Å². The average Bonchev–Trinajstić information content (AvgIpc) is 2.97. The van der Waals surface area contributed by atoms with Crippen molar-refractivity contribution in [2.75, 3.05) is 10.6 Å². The summed E-state index contributed by atoms with van der Waals surface area (Å²) in [5.41, 5.74) is 4.32. The molecule has 1 amide bonds. The highest BCUT2D eigenvalue weighted by Gasteiger charge is 2.16. The third kappa shape index (κ3) is 3.80. The van der Waals surface area contributed by atoms with Crippen LogP contribution >= 0.6 is 23.2 Å². The number of hydrogen-bond acceptors (Lipinski definition) is 2. The van der Waals surface area contributed by atoms with Crippen molar-refractivity contribution in [2.45, 2.75) is 32.2 Å². The maximum atomic E-state index is 12.3. The molecular weight excluding hydrogens is 331 g/mol. The summed E-state index contributed by atoms with van der Waals surface area (Å²) < 4.78 is 0. The smallest absolute Gasteiger partial charge is 0.246 e. The van der Waals surface area contributed by atoms with Crippen molar-refractivity contribution in [1.82, 2.24) is 0 Å². The van der Waals surface area contributed by atoms with Crippen LogP contribution in [0.25, 0.3) is 0 Å². The van der Waals surface area contributed by atoms with Gasteiger partial charge in [0.15, 0.2) is 0 Å². The zero-order chi connectivity index (χ0) is 16.4. The summed E-state index contributed by atoms with van der Waals surface area (Å²) in [6.07, 6.45) is 3.48. The van der Waals surface area contributed by atoms with E-state index in [1.807, 2.05) is 13.0 Å². The van der Waals surface area contributed by atoms with Crippen LogP contribution in [0.5, 0.6) is 0 Å². The summed E-state index contributed by atoms with van der Waals surface area (Å²) in [6, 6.07) is 10.9. The highest BCUT2D eigenvalue weighted by Crippen LogP contribution is 2.27. The van der Waals surface area contributed by atoms with Crippen LogP contribution in [0.4, 0.5) is 11.4 Å². The van der Waals surface area contributed by atoms with Crippen LogP contribution in [0.2, 0.25) is 10.0 Å². The highest BCUT2D eigenvalue weighted by atomic mass is 35.5. The van der Waals surface area contributed by atoms with Gasteiger partial charge in [0.05, 0.1) is 10.7 Å². The van der Waals surface area contributed by atoms with Crippen molar-refractivity contribution < 1.29 is 4.79 Å². The van der Waals surface area contributed by atoms with Crippen LogP contribution in [-0.4, -0.2) is 11.9 Å². The van der Waals surface area contributed by atoms with Gasteiger partial charge in [0.2, 0.25) is 5.91 Å². The van der Waals surface area contributed by atoms with E-state index in [9.17, 15) is 4.79 Å². The van der Waals surface area contributed by atoms with E-state index in [0.717, 1.165) is 18.5 Å². The molecule has 0 bridgehead atoms. The number of rotatable bonds is 4. The Bertz CT molecular complexity index is 746. The number of halogens is 2. The van der Waals surface area contributed by atoms with Gasteiger partial charge in [0.25, 0.3) is 0 Å². The van der Waals surface area contributed by atoms with Gasteiger partial charge >= 0.3 is 0 Å². The second kappa shape index (κ2) is 6.81. The van der Waals surface area contributed by atoms with Crippen molar-refractivity contribution in [1.29, 1.82) is 0 Å². The molecule has 5 heteroatoms. The second-order valence-corrected chi connectivity index (χ2v) is 6.66. The Morgan fingerprint density at radius 3 is 2.65 bits per heavy atom. The Morgan fingerprint density at radius 2 is 1.87 bits per heavy atom. The van der Waals surface area contributed by atoms with Gasteiger partial charge in [-0.15, -0.1) is 0 Å². The molecule has 3 rings (SSSR count). The molecule has 23 heavy (non-hydrogen) atoms. The fraction of sp³-hybridized carbons (Fsp3) is 0.278. The number of anilines is 2. The lowest BCUT2D eigenvalue weighted by molar-refractivity contribution is -0.116. The Kier molecular flexibility index (Phi) is 4.79. The molecule has 2 aromatic carbocycles. The third-order valence-corrected chi connectivity index (χ3v) is 4.61. The molecule has 3 nitrogen and oxygen atoms in total. The molecule has 0 aromatic heterocycles. The van der Waals surface area contributed by atoms with Gasteiger partial charge in [0.1, 0.15) is 6.04 Å². The summed E-state index contributed by atoms with van der Waals surface area (Å²) in [4.78, 5) is 12.3. The van der Waals surface area contributed by atoms with Crippen LogP contribution in [0.15, 0.2) is 36.4 Å². The molecule has 1 atom stereocenters. The van der Waals surface area contributed by atoms with E-state index in [4.69, 9.17) is 23.2 Å². The molecule has 1 aliphatic carbocycles. The van der Waals surface area contributed by atoms with Crippen LogP contribution < -0.4 is 10.6 Å². The van der Waals surface area contributed by atoms with E-state index >= 15 is 0 Å². The zero-order valence-corrected chi connectivity index (χ0v) is 14.3. The molecular formula is C18H18Cl2N2O. The third-order valence-electron chi connectivity index (χ3n) is 4.06. The summed E-state index contributed by atoms with van der Waals surface area (Å²) in [6.45, 7) is 1.83. The molecule has 2 aromatic rings. The Labute approximate surface area is 146 Å². The minimum Gasteiger partial charge on any atom is -0.374 e. The summed E-state index contributed by atoms with van der Waals surface area (Å²) in [5.74, 6) is -0.144. The Hall–Kier alpha value is -1.71. The Balaban J connectivity index is 1.65. The van der Waals surface area contributed by atoms with Gasteiger partial charge in [-0.1, -0.05) is 29.3 Å². The standard InChI is InChI=1S/C18H18Cl2N2O/c1-11(18(23)22-17-8-6-14(19)10-16(17)20)21-15-7-5-12-3-2-4-13(12)9-15/h5-11,21H,2-4H2,1H3,(H,22,23)/t11-/m0/s1. The minimum atomic E-state index is -0.374. The van der Waals surface area contributed by atoms with Crippen LogP contribution in [0.1, 0.15) is 24.5 Å². The lowest BCUT2D eigenvalue weighted by Crippen LogP contribution is -2.32. The van der Waals surface area contributed by atoms with Gasteiger partial charge in [-0.3, -0.25) is 4.79 Å². The van der Waals surface area contributed by atoms with Crippen molar-refractivity contribution in [3.05, 3.63) is 57.6 Å². The summed E-state index contributed by atoms with van der Waals surface area (Å²) >= 11 is 11.9. The van der Waals surface area contributed by atoms with Crippen LogP contribution in [0, 0.1) is 0 Å². The number of carbonyl (C=O) groups is 1. The molecule has 120 valence electrons. The van der Waals surface area contributed by atoms with Crippen molar-refractivity contribution in [3.8, 4) is 0 Å². The topological polar surface area (TPSA) is 41.1 Å². The largest absolute Gasteiger partial charge is 0.374 e. The van der Waals surface area contributed by atoms with E-state index in [-0.39, 0.29) is 11.9 Å². The predicted octanol–water partition coefficient (Wildman–Crippen LogP) is 4.92. The monoisotopic (exact) mass is 348 g/mol. The zero-order valence-electron chi connectivity index (χ0n) is 12.8. The first-order chi connectivity index (χ1) is 11.0. The molecule has 0 saturated heterocycles. The number of nitrogens with one attached hydrogen (secondary N) is 2. The van der Waals surface area contributed by atoms with Gasteiger partial charge in [-0.2, -0.15) is 0 Å². The normalized spacial score (nSPS) is 14.2. The number of carbonyl (C=O) groups excluding carboxylic acids is 1. The highest BCUT2D eigenvalue weighted by molar-refractivity contribution is 6.36. The first-order valence-corrected chi connectivity index (χ1v) is 8.43. The second-order valence-electron chi connectivity index (χ2n) is 5.82. The van der Waals surface area contributed by atoms with E-state index in [1.54, 1.807) is 18.2 Å². The minimum absolute atomic E-state index is 0.144. The molecule has 0 fully saturated rings. The SMILES string of the molecule is C[C@H](Nc1ccc2c(c1)CCC2)C(=O)Nc1ccc(Cl)cc1Cl. The lowest BCUT2D eigenvalue weighted by atomic mass is 10.1. The first kappa shape index (κ1) is 16.2. The fourth-order valence-corrected chi connectivity index (χ4v) is 3.26. The Morgan fingerprint density at radius 1 is 1.09 bits per heavy atom. The van der Waals surface area contributed by atoms with Gasteiger partial charge in [-0.05, 0) is 67.6 Å². The average molecular weight is 349 g/mol. The molecule has 0 saturated carbocycles. The van der Waals surface area contributed by atoms with Gasteiger partial charge < -0.3 is 10.6 Å². The molecule has 0 unspecified atom stereocenters. The van der Waals surface area contributed by atoms with Gasteiger partial charge in [-0.25, -0.2) is 0 Å². The van der Waals surface area contributed by atoms with Crippen molar-refractivity contribution in [2.24, 2.45) is 0 Å². The lowest BCUT2D eigenvalue weighted by Gasteiger charge is -2.16. The van der Waals surface area contributed by atoms with E-state index < -0.39 is 0 Å². The van der Waals surface area contributed by atoms with Crippen LogP contribution in [-0.2, 0) is 17.6 Å². The summed E-state index contributed by atoms with van der Waals surface area (Å²) in [5, 5.41) is 7.02. The number of hydrogen-bond donors (Lipinski definition) is 2. The molecule has 0 aliphatic heterocycles. The number of aryl methyl sites for hydroxylation is 2. The maximum Gasteiger partial charge on any atom is 0.246 e. The number of benzene rings is 2. The number of fused-ring (bicyclic) bond motifs is 1.